The van der Waals surface area contributed by atoms with Gasteiger partial charge < -0.3 is 10.3 Å². The highest BCUT2D eigenvalue weighted by molar-refractivity contribution is 5.84. The summed E-state index contributed by atoms with van der Waals surface area (Å²) in [6.45, 7) is 3.55. The molecule has 2 nitrogen and oxygen atoms in total. The predicted octanol–water partition coefficient (Wildman–Crippen LogP) is 4.09. The van der Waals surface area contributed by atoms with Crippen molar-refractivity contribution in [2.75, 3.05) is 6.54 Å². The molecule has 0 fully saturated rings. The molecule has 0 radical (unpaired) electrons. The number of rotatable bonds is 5. The highest BCUT2D eigenvalue weighted by Crippen LogP contribution is 2.30. The molecular formula is C19H21FN2. The second-order valence-electron chi connectivity index (χ2n) is 5.62. The van der Waals surface area contributed by atoms with E-state index in [1.807, 2.05) is 24.3 Å². The summed E-state index contributed by atoms with van der Waals surface area (Å²) < 4.78 is 16.2. The van der Waals surface area contributed by atoms with Gasteiger partial charge in [0, 0.05) is 29.6 Å². The molecule has 2 N–H and O–H groups in total. The van der Waals surface area contributed by atoms with Gasteiger partial charge >= 0.3 is 0 Å². The van der Waals surface area contributed by atoms with Gasteiger partial charge in [0.15, 0.2) is 0 Å². The lowest BCUT2D eigenvalue weighted by Crippen LogP contribution is -2.15. The molecule has 2 aromatic carbocycles. The minimum Gasteiger partial charge on any atom is -0.347 e. The van der Waals surface area contributed by atoms with Gasteiger partial charge in [-0.25, -0.2) is 4.39 Å². The molecule has 0 spiro atoms. The molecule has 0 aliphatic rings. The average molecular weight is 296 g/mol. The highest BCUT2D eigenvalue weighted by Gasteiger charge is 2.18. The van der Waals surface area contributed by atoms with Gasteiger partial charge in [-0.1, -0.05) is 36.4 Å². The Morgan fingerprint density at radius 3 is 2.55 bits per heavy atom. The van der Waals surface area contributed by atoms with Crippen LogP contribution in [0.15, 0.2) is 54.7 Å². The fourth-order valence-electron chi connectivity index (χ4n) is 3.11. The molecule has 22 heavy (non-hydrogen) atoms. The lowest BCUT2D eigenvalue weighted by atomic mass is 9.91. The number of halogens is 1. The van der Waals surface area contributed by atoms with Crippen LogP contribution in [0.4, 0.5) is 4.39 Å². The Morgan fingerprint density at radius 2 is 1.82 bits per heavy atom. The maximum absolute atomic E-state index is 13.9. The van der Waals surface area contributed by atoms with Crippen molar-refractivity contribution in [3.05, 3.63) is 71.7 Å². The Hall–Kier alpha value is -2.13. The zero-order valence-electron chi connectivity index (χ0n) is 12.8. The smallest absolute Gasteiger partial charge is 0.126 e. The second kappa shape index (κ2) is 6.32. The lowest BCUT2D eigenvalue weighted by molar-refractivity contribution is 0.590. The first-order valence-electron chi connectivity index (χ1n) is 7.75. The molecule has 0 aliphatic carbocycles. The van der Waals surface area contributed by atoms with Gasteiger partial charge in [0.25, 0.3) is 0 Å². The third-order valence-electron chi connectivity index (χ3n) is 4.31. The molecule has 3 rings (SSSR count). The van der Waals surface area contributed by atoms with Gasteiger partial charge in [0.05, 0.1) is 0 Å². The Balaban J connectivity index is 2.02. The van der Waals surface area contributed by atoms with Crippen LogP contribution in [0.25, 0.3) is 10.9 Å². The van der Waals surface area contributed by atoms with Crippen molar-refractivity contribution in [2.45, 2.75) is 25.8 Å². The Morgan fingerprint density at radius 1 is 1.09 bits per heavy atom. The monoisotopic (exact) mass is 296 g/mol. The van der Waals surface area contributed by atoms with Gasteiger partial charge in [-0.2, -0.15) is 0 Å². The first-order chi connectivity index (χ1) is 10.7. The Bertz CT molecular complexity index is 776. The molecule has 1 atom stereocenters. The molecule has 0 aliphatic heterocycles. The summed E-state index contributed by atoms with van der Waals surface area (Å²) in [5, 5.41) is 1.22. The molecule has 1 aromatic heterocycles. The maximum Gasteiger partial charge on any atom is 0.126 e. The molecule has 3 heteroatoms. The van der Waals surface area contributed by atoms with Crippen LogP contribution < -0.4 is 5.73 Å². The first kappa shape index (κ1) is 14.8. The standard InChI is InChI=1S/C19H21FN2/c1-2-22-13-17(16-8-4-6-10-19(16)22)15(12-21)11-14-7-3-5-9-18(14)20/h3-10,13,15H,2,11-12,21H2,1H3. The molecule has 1 unspecified atom stereocenters. The van der Waals surface area contributed by atoms with E-state index in [0.29, 0.717) is 13.0 Å². The molecule has 0 saturated carbocycles. The van der Waals surface area contributed by atoms with Crippen molar-refractivity contribution in [1.29, 1.82) is 0 Å². The SMILES string of the molecule is CCn1cc(C(CN)Cc2ccccc2F)c2ccccc21. The fourth-order valence-corrected chi connectivity index (χ4v) is 3.11. The van der Waals surface area contributed by atoms with Gasteiger partial charge in [-0.15, -0.1) is 0 Å². The van der Waals surface area contributed by atoms with Crippen LogP contribution in [0.5, 0.6) is 0 Å². The summed E-state index contributed by atoms with van der Waals surface area (Å²) in [5.74, 6) is -0.0326. The maximum atomic E-state index is 13.9. The highest BCUT2D eigenvalue weighted by atomic mass is 19.1. The molecule has 0 saturated heterocycles. The second-order valence-corrected chi connectivity index (χ2v) is 5.62. The summed E-state index contributed by atoms with van der Waals surface area (Å²) in [4.78, 5) is 0. The average Bonchev–Trinajstić information content (AvgIpc) is 2.93. The largest absolute Gasteiger partial charge is 0.347 e. The lowest BCUT2D eigenvalue weighted by Gasteiger charge is -2.15. The van der Waals surface area contributed by atoms with Crippen LogP contribution in [-0.4, -0.2) is 11.1 Å². The Kier molecular flexibility index (Phi) is 4.25. The van der Waals surface area contributed by atoms with Crippen LogP contribution in [0.2, 0.25) is 0 Å². The van der Waals surface area contributed by atoms with E-state index < -0.39 is 0 Å². The number of nitrogens with zero attached hydrogens (tertiary/aromatic N) is 1. The number of hydrogen-bond donors (Lipinski definition) is 1. The number of benzene rings is 2. The zero-order valence-corrected chi connectivity index (χ0v) is 12.8. The number of para-hydroxylation sites is 1. The van der Waals surface area contributed by atoms with Gasteiger partial charge in [0.2, 0.25) is 0 Å². The van der Waals surface area contributed by atoms with Crippen molar-refractivity contribution in [2.24, 2.45) is 5.73 Å². The summed E-state index contributed by atoms with van der Waals surface area (Å²) in [6, 6.07) is 15.3. The predicted molar refractivity (Wildman–Crippen MR) is 89.5 cm³/mol. The van der Waals surface area contributed by atoms with Crippen molar-refractivity contribution in [3.8, 4) is 0 Å². The minimum absolute atomic E-state index is 0.120. The van der Waals surface area contributed by atoms with E-state index in [4.69, 9.17) is 5.73 Å². The van der Waals surface area contributed by atoms with Crippen molar-refractivity contribution >= 4 is 10.9 Å². The van der Waals surface area contributed by atoms with Crippen molar-refractivity contribution in [3.63, 3.8) is 0 Å². The van der Waals surface area contributed by atoms with E-state index in [1.54, 1.807) is 6.07 Å². The molecule has 0 bridgehead atoms. The summed E-state index contributed by atoms with van der Waals surface area (Å²) in [7, 11) is 0. The number of hydrogen-bond acceptors (Lipinski definition) is 1. The van der Waals surface area contributed by atoms with Crippen molar-refractivity contribution < 1.29 is 4.39 Å². The van der Waals surface area contributed by atoms with Gasteiger partial charge in [0.1, 0.15) is 5.82 Å². The number of aromatic nitrogens is 1. The third-order valence-corrected chi connectivity index (χ3v) is 4.31. The first-order valence-corrected chi connectivity index (χ1v) is 7.75. The van der Waals surface area contributed by atoms with Crippen LogP contribution in [0.1, 0.15) is 24.0 Å². The Labute approximate surface area is 130 Å². The van der Waals surface area contributed by atoms with Crippen LogP contribution in [0, 0.1) is 5.82 Å². The minimum atomic E-state index is -0.153. The van der Waals surface area contributed by atoms with Crippen LogP contribution in [-0.2, 0) is 13.0 Å². The van der Waals surface area contributed by atoms with Gasteiger partial charge in [-0.3, -0.25) is 0 Å². The number of nitrogens with two attached hydrogens (primary N) is 1. The zero-order chi connectivity index (χ0) is 15.5. The van der Waals surface area contributed by atoms with E-state index in [1.165, 1.54) is 22.5 Å². The molecular weight excluding hydrogens is 275 g/mol. The summed E-state index contributed by atoms with van der Waals surface area (Å²) >= 11 is 0. The van der Waals surface area contributed by atoms with E-state index in [2.05, 4.69) is 29.8 Å². The van der Waals surface area contributed by atoms with E-state index in [-0.39, 0.29) is 11.7 Å². The van der Waals surface area contributed by atoms with Crippen molar-refractivity contribution in [1.82, 2.24) is 4.57 Å². The quantitative estimate of drug-likeness (QED) is 0.755. The fraction of sp³-hybridized carbons (Fsp3) is 0.263. The van der Waals surface area contributed by atoms with E-state index in [9.17, 15) is 4.39 Å². The van der Waals surface area contributed by atoms with Crippen LogP contribution in [0.3, 0.4) is 0 Å². The number of fused-ring (bicyclic) bond motifs is 1. The normalized spacial score (nSPS) is 12.7. The number of aryl methyl sites for hydroxylation is 1. The van der Waals surface area contributed by atoms with E-state index in [0.717, 1.165) is 12.1 Å². The molecule has 0 amide bonds. The van der Waals surface area contributed by atoms with Crippen LogP contribution >= 0.6 is 0 Å². The molecule has 114 valence electrons. The summed E-state index contributed by atoms with van der Waals surface area (Å²) in [6.07, 6.45) is 2.80. The summed E-state index contributed by atoms with van der Waals surface area (Å²) in [5.41, 5.74) is 9.17. The van der Waals surface area contributed by atoms with E-state index >= 15 is 0 Å². The topological polar surface area (TPSA) is 30.9 Å². The van der Waals surface area contributed by atoms with Gasteiger partial charge in [-0.05, 0) is 43.1 Å². The molecule has 3 aromatic rings. The third kappa shape index (κ3) is 2.64. The molecule has 1 heterocycles.